The lowest BCUT2D eigenvalue weighted by Gasteiger charge is -2.22. The van der Waals surface area contributed by atoms with Gasteiger partial charge in [0.1, 0.15) is 31.2 Å². The number of carbonyl (C=O) groups excluding carboxylic acids is 1. The lowest BCUT2D eigenvalue weighted by molar-refractivity contribution is 0.0775. The van der Waals surface area contributed by atoms with Gasteiger partial charge in [-0.3, -0.25) is 4.79 Å². The molecule has 0 aliphatic carbocycles. The van der Waals surface area contributed by atoms with Crippen LogP contribution < -0.4 is 10.2 Å². The first-order valence-electron chi connectivity index (χ1n) is 4.16. The summed E-state index contributed by atoms with van der Waals surface area (Å²) in [6, 6.07) is 0. The van der Waals surface area contributed by atoms with Gasteiger partial charge >= 0.3 is 0 Å². The largest absolute Gasteiger partial charge is 0.341 e. The second-order valence-electron chi connectivity index (χ2n) is 2.94. The van der Waals surface area contributed by atoms with E-state index in [-0.39, 0.29) is 12.6 Å². The van der Waals surface area contributed by atoms with Crippen LogP contribution in [-0.2, 0) is 4.74 Å². The fourth-order valence-electron chi connectivity index (χ4n) is 1.24. The molecule has 1 aliphatic heterocycles. The summed E-state index contributed by atoms with van der Waals surface area (Å²) in [5.41, 5.74) is 0.471. The molecule has 1 amide bonds. The van der Waals surface area contributed by atoms with Crippen LogP contribution in [0.15, 0.2) is 12.5 Å². The van der Waals surface area contributed by atoms with E-state index in [0.29, 0.717) is 18.1 Å². The van der Waals surface area contributed by atoms with E-state index < -0.39 is 0 Å². The lowest BCUT2D eigenvalue weighted by Crippen LogP contribution is -2.35. The van der Waals surface area contributed by atoms with E-state index in [1.807, 2.05) is 7.05 Å². The van der Waals surface area contributed by atoms with E-state index in [9.17, 15) is 4.79 Å². The van der Waals surface area contributed by atoms with Crippen LogP contribution in [0.3, 0.4) is 0 Å². The molecule has 1 aromatic rings. The molecule has 6 heteroatoms. The number of nitrogens with one attached hydrogen (secondary N) is 1. The van der Waals surface area contributed by atoms with E-state index in [4.69, 9.17) is 4.74 Å². The Hall–Kier alpha value is -1.69. The Bertz CT molecular complexity index is 355. The second kappa shape index (κ2) is 3.59. The molecule has 0 unspecified atom stereocenters. The quantitative estimate of drug-likeness (QED) is 0.608. The lowest BCUT2D eigenvalue weighted by atomic mass is 10.3. The minimum atomic E-state index is -0.216. The number of nitrogens with zero attached hydrogens (tertiary/aromatic N) is 3. The zero-order valence-corrected chi connectivity index (χ0v) is 7.73. The number of hydrogen-bond donors (Lipinski definition) is 1. The molecule has 6 nitrogen and oxygen atoms in total. The van der Waals surface area contributed by atoms with Gasteiger partial charge in [0, 0.05) is 13.2 Å². The molecule has 74 valence electrons. The highest BCUT2D eigenvalue weighted by Crippen LogP contribution is 2.15. The van der Waals surface area contributed by atoms with Gasteiger partial charge in [0.2, 0.25) is 0 Å². The zero-order chi connectivity index (χ0) is 9.97. The SMILES string of the molecule is CN1COCNC(=O)c2cncnc21. The number of hydrogen-bond acceptors (Lipinski definition) is 5. The van der Waals surface area contributed by atoms with E-state index in [1.165, 1.54) is 12.5 Å². The molecule has 0 bridgehead atoms. The predicted octanol–water partition coefficient (Wildman–Crippen LogP) is -0.412. The Morgan fingerprint density at radius 2 is 2.50 bits per heavy atom. The summed E-state index contributed by atoms with van der Waals surface area (Å²) in [4.78, 5) is 21.1. The van der Waals surface area contributed by atoms with Gasteiger partial charge in [0.25, 0.3) is 5.91 Å². The van der Waals surface area contributed by atoms with Crippen molar-refractivity contribution in [1.82, 2.24) is 15.3 Å². The van der Waals surface area contributed by atoms with Gasteiger partial charge in [-0.25, -0.2) is 9.97 Å². The maximum absolute atomic E-state index is 11.5. The van der Waals surface area contributed by atoms with E-state index in [1.54, 1.807) is 4.90 Å². The smallest absolute Gasteiger partial charge is 0.258 e. The molecule has 1 aromatic heterocycles. The molecule has 1 aliphatic rings. The Kier molecular flexibility index (Phi) is 2.28. The Morgan fingerprint density at radius 3 is 3.36 bits per heavy atom. The number of rotatable bonds is 0. The summed E-state index contributed by atoms with van der Waals surface area (Å²) in [6.45, 7) is 0.599. The van der Waals surface area contributed by atoms with Crippen LogP contribution in [-0.4, -0.2) is 36.4 Å². The summed E-state index contributed by atoms with van der Waals surface area (Å²) < 4.78 is 5.15. The van der Waals surface area contributed by atoms with Crippen molar-refractivity contribution in [3.05, 3.63) is 18.1 Å². The highest BCUT2D eigenvalue weighted by atomic mass is 16.5. The minimum Gasteiger partial charge on any atom is -0.341 e. The van der Waals surface area contributed by atoms with Crippen LogP contribution in [0.1, 0.15) is 10.4 Å². The van der Waals surface area contributed by atoms with Gasteiger partial charge in [-0.2, -0.15) is 0 Å². The standard InChI is InChI=1S/C8H10N4O2/c1-12-5-14-4-11-8(13)6-2-9-3-10-7(6)12/h2-3H,4-5H2,1H3,(H,11,13). The van der Waals surface area contributed by atoms with Crippen molar-refractivity contribution in [2.24, 2.45) is 0 Å². The first-order chi connectivity index (χ1) is 6.79. The van der Waals surface area contributed by atoms with Crippen LogP contribution in [0.2, 0.25) is 0 Å². The molecule has 0 spiro atoms. The van der Waals surface area contributed by atoms with Crippen molar-refractivity contribution in [3.8, 4) is 0 Å². The number of amides is 1. The minimum absolute atomic E-state index is 0.206. The topological polar surface area (TPSA) is 67.3 Å². The summed E-state index contributed by atoms with van der Waals surface area (Å²) in [5.74, 6) is 0.365. The average molecular weight is 194 g/mol. The molecule has 0 aromatic carbocycles. The Balaban J connectivity index is 2.44. The van der Waals surface area contributed by atoms with E-state index in [0.717, 1.165) is 0 Å². The summed E-state index contributed by atoms with van der Waals surface area (Å²) in [7, 11) is 1.81. The Morgan fingerprint density at radius 1 is 1.64 bits per heavy atom. The van der Waals surface area contributed by atoms with Gasteiger partial charge in [-0.05, 0) is 0 Å². The molecular weight excluding hydrogens is 184 g/mol. The van der Waals surface area contributed by atoms with Gasteiger partial charge in [-0.1, -0.05) is 0 Å². The number of anilines is 1. The third-order valence-electron chi connectivity index (χ3n) is 1.92. The fraction of sp³-hybridized carbons (Fsp3) is 0.375. The van der Waals surface area contributed by atoms with Crippen molar-refractivity contribution in [3.63, 3.8) is 0 Å². The van der Waals surface area contributed by atoms with Crippen molar-refractivity contribution in [1.29, 1.82) is 0 Å². The number of ether oxygens (including phenoxy) is 1. The van der Waals surface area contributed by atoms with Crippen LogP contribution in [0.25, 0.3) is 0 Å². The highest BCUT2D eigenvalue weighted by Gasteiger charge is 2.17. The number of aromatic nitrogens is 2. The molecule has 0 saturated carbocycles. The van der Waals surface area contributed by atoms with Gasteiger partial charge in [0.05, 0.1) is 0 Å². The molecule has 0 radical (unpaired) electrons. The maximum atomic E-state index is 11.5. The molecule has 0 saturated heterocycles. The Labute approximate surface area is 80.9 Å². The molecular formula is C8H10N4O2. The van der Waals surface area contributed by atoms with Crippen LogP contribution in [0, 0.1) is 0 Å². The van der Waals surface area contributed by atoms with Gasteiger partial charge < -0.3 is 15.0 Å². The monoisotopic (exact) mass is 194 g/mol. The molecule has 0 fully saturated rings. The number of carbonyl (C=O) groups is 1. The van der Waals surface area contributed by atoms with Crippen molar-refractivity contribution in [2.75, 3.05) is 25.4 Å². The first kappa shape index (κ1) is 8.89. The van der Waals surface area contributed by atoms with Crippen molar-refractivity contribution < 1.29 is 9.53 Å². The molecule has 0 atom stereocenters. The molecule has 14 heavy (non-hydrogen) atoms. The summed E-state index contributed by atoms with van der Waals surface area (Å²) in [5, 5.41) is 2.59. The van der Waals surface area contributed by atoms with E-state index in [2.05, 4.69) is 15.3 Å². The third kappa shape index (κ3) is 1.51. The molecule has 2 rings (SSSR count). The second-order valence-corrected chi connectivity index (χ2v) is 2.94. The maximum Gasteiger partial charge on any atom is 0.258 e. The third-order valence-corrected chi connectivity index (χ3v) is 1.92. The first-order valence-corrected chi connectivity index (χ1v) is 4.16. The predicted molar refractivity (Wildman–Crippen MR) is 48.7 cm³/mol. The van der Waals surface area contributed by atoms with Crippen LogP contribution >= 0.6 is 0 Å². The van der Waals surface area contributed by atoms with Crippen molar-refractivity contribution >= 4 is 11.7 Å². The van der Waals surface area contributed by atoms with Crippen LogP contribution in [0.5, 0.6) is 0 Å². The summed E-state index contributed by atoms with van der Waals surface area (Å²) in [6.07, 6.45) is 2.91. The van der Waals surface area contributed by atoms with Crippen LogP contribution in [0.4, 0.5) is 5.82 Å². The van der Waals surface area contributed by atoms with Crippen molar-refractivity contribution in [2.45, 2.75) is 0 Å². The van der Waals surface area contributed by atoms with Gasteiger partial charge in [0.15, 0.2) is 0 Å². The fourth-order valence-corrected chi connectivity index (χ4v) is 1.24. The zero-order valence-electron chi connectivity index (χ0n) is 7.73. The highest BCUT2D eigenvalue weighted by molar-refractivity contribution is 5.98. The number of fused-ring (bicyclic) bond motifs is 1. The van der Waals surface area contributed by atoms with Gasteiger partial charge in [-0.15, -0.1) is 0 Å². The molecule has 1 N–H and O–H groups in total. The van der Waals surface area contributed by atoms with E-state index >= 15 is 0 Å². The average Bonchev–Trinajstić information content (AvgIpc) is 2.22. The summed E-state index contributed by atoms with van der Waals surface area (Å²) >= 11 is 0. The molecule has 2 heterocycles. The normalized spacial score (nSPS) is 16.6.